The number of hydrogen-bond acceptors (Lipinski definition) is 1. The minimum Gasteiger partial charge on any atom is -0.497 e. The Morgan fingerprint density at radius 3 is 2.19 bits per heavy atom. The smallest absolute Gasteiger partial charge is 0.118 e. The zero-order valence-corrected chi connectivity index (χ0v) is 12.4. The molecule has 3 aromatic rings. The van der Waals surface area contributed by atoms with Crippen LogP contribution in [0.3, 0.4) is 0 Å². The Hall–Kier alpha value is -2.48. The molecule has 1 aromatic heterocycles. The standard InChI is InChI=1S/C19H19NO/c1-3-20-14-17(15-7-5-4-6-8-15)13-19(20)16-9-11-18(21-2)12-10-16/h4-14H,3H2,1-2H3. The van der Waals surface area contributed by atoms with Crippen molar-refractivity contribution < 1.29 is 4.74 Å². The monoisotopic (exact) mass is 277 g/mol. The summed E-state index contributed by atoms with van der Waals surface area (Å²) >= 11 is 0. The third kappa shape index (κ3) is 2.70. The first-order valence-electron chi connectivity index (χ1n) is 7.22. The van der Waals surface area contributed by atoms with Gasteiger partial charge in [-0.2, -0.15) is 0 Å². The van der Waals surface area contributed by atoms with E-state index < -0.39 is 0 Å². The van der Waals surface area contributed by atoms with E-state index in [2.05, 4.69) is 60.2 Å². The average Bonchev–Trinajstić information content (AvgIpc) is 3.00. The molecule has 0 saturated carbocycles. The third-order valence-corrected chi connectivity index (χ3v) is 3.73. The highest BCUT2D eigenvalue weighted by Gasteiger charge is 2.08. The van der Waals surface area contributed by atoms with E-state index in [1.165, 1.54) is 22.4 Å². The molecule has 0 saturated heterocycles. The summed E-state index contributed by atoms with van der Waals surface area (Å²) in [4.78, 5) is 0. The summed E-state index contributed by atoms with van der Waals surface area (Å²) in [6.07, 6.45) is 2.22. The van der Waals surface area contributed by atoms with Gasteiger partial charge in [0.1, 0.15) is 5.75 Å². The topological polar surface area (TPSA) is 14.2 Å². The molecule has 0 amide bonds. The quantitative estimate of drug-likeness (QED) is 0.665. The SMILES string of the molecule is CCn1cc(-c2ccccc2)cc1-c1ccc(OC)cc1. The van der Waals surface area contributed by atoms with E-state index >= 15 is 0 Å². The van der Waals surface area contributed by atoms with Crippen molar-refractivity contribution in [2.75, 3.05) is 7.11 Å². The molecule has 106 valence electrons. The summed E-state index contributed by atoms with van der Waals surface area (Å²) in [7, 11) is 1.69. The van der Waals surface area contributed by atoms with E-state index in [4.69, 9.17) is 4.74 Å². The largest absolute Gasteiger partial charge is 0.497 e. The van der Waals surface area contributed by atoms with Gasteiger partial charge in [-0.15, -0.1) is 0 Å². The van der Waals surface area contributed by atoms with Crippen LogP contribution in [0.15, 0.2) is 66.9 Å². The van der Waals surface area contributed by atoms with Gasteiger partial charge in [0.2, 0.25) is 0 Å². The number of rotatable bonds is 4. The van der Waals surface area contributed by atoms with Crippen molar-refractivity contribution >= 4 is 0 Å². The molecule has 21 heavy (non-hydrogen) atoms. The fourth-order valence-corrected chi connectivity index (χ4v) is 2.57. The first-order chi connectivity index (χ1) is 10.3. The number of aromatic nitrogens is 1. The van der Waals surface area contributed by atoms with Crippen LogP contribution in [0.25, 0.3) is 22.4 Å². The van der Waals surface area contributed by atoms with Crippen LogP contribution in [0.1, 0.15) is 6.92 Å². The summed E-state index contributed by atoms with van der Waals surface area (Å²) in [5.41, 5.74) is 4.95. The summed E-state index contributed by atoms with van der Waals surface area (Å²) in [5.74, 6) is 0.886. The first-order valence-corrected chi connectivity index (χ1v) is 7.22. The Balaban J connectivity index is 2.03. The first kappa shape index (κ1) is 13.5. The van der Waals surface area contributed by atoms with Crippen LogP contribution in [0.5, 0.6) is 5.75 Å². The zero-order valence-electron chi connectivity index (χ0n) is 12.4. The van der Waals surface area contributed by atoms with Gasteiger partial charge in [0.15, 0.2) is 0 Å². The van der Waals surface area contributed by atoms with Gasteiger partial charge in [0.25, 0.3) is 0 Å². The van der Waals surface area contributed by atoms with Gasteiger partial charge in [-0.1, -0.05) is 30.3 Å². The summed E-state index contributed by atoms with van der Waals surface area (Å²) in [6.45, 7) is 3.12. The van der Waals surface area contributed by atoms with Gasteiger partial charge < -0.3 is 9.30 Å². The number of hydrogen-bond donors (Lipinski definition) is 0. The molecule has 0 unspecified atom stereocenters. The lowest BCUT2D eigenvalue weighted by atomic mass is 10.1. The highest BCUT2D eigenvalue weighted by Crippen LogP contribution is 2.29. The molecule has 1 heterocycles. The molecule has 2 aromatic carbocycles. The number of aryl methyl sites for hydroxylation is 1. The average molecular weight is 277 g/mol. The van der Waals surface area contributed by atoms with E-state index in [0.717, 1.165) is 12.3 Å². The molecule has 0 spiro atoms. The summed E-state index contributed by atoms with van der Waals surface area (Å²) in [5, 5.41) is 0. The van der Waals surface area contributed by atoms with Crippen LogP contribution >= 0.6 is 0 Å². The van der Waals surface area contributed by atoms with E-state index in [1.54, 1.807) is 7.11 Å². The van der Waals surface area contributed by atoms with Crippen molar-refractivity contribution in [2.45, 2.75) is 13.5 Å². The van der Waals surface area contributed by atoms with Crippen molar-refractivity contribution in [3.8, 4) is 28.1 Å². The normalized spacial score (nSPS) is 10.6. The van der Waals surface area contributed by atoms with Gasteiger partial charge in [0.05, 0.1) is 7.11 Å². The number of benzene rings is 2. The molecule has 0 aliphatic carbocycles. The van der Waals surface area contributed by atoms with Gasteiger partial charge in [-0.3, -0.25) is 0 Å². The summed E-state index contributed by atoms with van der Waals surface area (Å²) in [6, 6.07) is 21.0. The predicted molar refractivity (Wildman–Crippen MR) is 87.5 cm³/mol. The Labute approximate surface area is 125 Å². The second-order valence-corrected chi connectivity index (χ2v) is 4.99. The second kappa shape index (κ2) is 5.88. The minimum atomic E-state index is 0.886. The van der Waals surface area contributed by atoms with Crippen LogP contribution in [0.4, 0.5) is 0 Å². The van der Waals surface area contributed by atoms with Gasteiger partial charge in [0, 0.05) is 18.4 Å². The maximum absolute atomic E-state index is 5.23. The second-order valence-electron chi connectivity index (χ2n) is 4.99. The molecule has 0 fully saturated rings. The fourth-order valence-electron chi connectivity index (χ4n) is 2.57. The minimum absolute atomic E-state index is 0.886. The van der Waals surface area contributed by atoms with E-state index in [1.807, 2.05) is 18.2 Å². The summed E-state index contributed by atoms with van der Waals surface area (Å²) < 4.78 is 7.51. The molecule has 2 nitrogen and oxygen atoms in total. The van der Waals surface area contributed by atoms with E-state index in [-0.39, 0.29) is 0 Å². The molecule has 0 radical (unpaired) electrons. The van der Waals surface area contributed by atoms with Crippen LogP contribution in [0, 0.1) is 0 Å². The van der Waals surface area contributed by atoms with Crippen LogP contribution in [0.2, 0.25) is 0 Å². The molecule has 2 heteroatoms. The lowest BCUT2D eigenvalue weighted by Crippen LogP contribution is -1.94. The van der Waals surface area contributed by atoms with Crippen molar-refractivity contribution in [1.82, 2.24) is 4.57 Å². The molecule has 0 atom stereocenters. The van der Waals surface area contributed by atoms with Crippen molar-refractivity contribution in [3.05, 3.63) is 66.9 Å². The Kier molecular flexibility index (Phi) is 3.78. The molecule has 0 bridgehead atoms. The lowest BCUT2D eigenvalue weighted by Gasteiger charge is -2.07. The van der Waals surface area contributed by atoms with Crippen molar-refractivity contribution in [1.29, 1.82) is 0 Å². The maximum Gasteiger partial charge on any atom is 0.118 e. The Morgan fingerprint density at radius 1 is 0.857 bits per heavy atom. The van der Waals surface area contributed by atoms with Gasteiger partial charge >= 0.3 is 0 Å². The fraction of sp³-hybridized carbons (Fsp3) is 0.158. The molecule has 3 rings (SSSR count). The van der Waals surface area contributed by atoms with Crippen molar-refractivity contribution in [2.24, 2.45) is 0 Å². The molecule has 0 aliphatic heterocycles. The molecule has 0 aliphatic rings. The third-order valence-electron chi connectivity index (χ3n) is 3.73. The van der Waals surface area contributed by atoms with Crippen LogP contribution < -0.4 is 4.74 Å². The number of ether oxygens (including phenoxy) is 1. The van der Waals surface area contributed by atoms with Crippen LogP contribution in [-0.4, -0.2) is 11.7 Å². The lowest BCUT2D eigenvalue weighted by molar-refractivity contribution is 0.415. The van der Waals surface area contributed by atoms with Crippen LogP contribution in [-0.2, 0) is 6.54 Å². The highest BCUT2D eigenvalue weighted by molar-refractivity contribution is 5.72. The Bertz CT molecular complexity index is 711. The predicted octanol–water partition coefficient (Wildman–Crippen LogP) is 4.85. The number of nitrogens with zero attached hydrogens (tertiary/aromatic N) is 1. The Morgan fingerprint density at radius 2 is 1.57 bits per heavy atom. The highest BCUT2D eigenvalue weighted by atomic mass is 16.5. The maximum atomic E-state index is 5.23. The van der Waals surface area contributed by atoms with E-state index in [0.29, 0.717) is 0 Å². The van der Waals surface area contributed by atoms with Gasteiger partial charge in [-0.25, -0.2) is 0 Å². The van der Waals surface area contributed by atoms with Gasteiger partial charge in [-0.05, 0) is 53.9 Å². The molecular formula is C19H19NO. The zero-order chi connectivity index (χ0) is 14.7. The van der Waals surface area contributed by atoms with E-state index in [9.17, 15) is 0 Å². The van der Waals surface area contributed by atoms with Crippen molar-refractivity contribution in [3.63, 3.8) is 0 Å². The molecular weight excluding hydrogens is 258 g/mol. The molecule has 0 N–H and O–H groups in total. The number of methoxy groups -OCH3 is 1.